The summed E-state index contributed by atoms with van der Waals surface area (Å²) in [5.74, 6) is 0. The van der Waals surface area contributed by atoms with Crippen LogP contribution in [-0.4, -0.2) is 76.1 Å². The summed E-state index contributed by atoms with van der Waals surface area (Å²) >= 11 is 0. The summed E-state index contributed by atoms with van der Waals surface area (Å²) in [7, 11) is 0. The molecule has 0 bridgehead atoms. The predicted octanol–water partition coefficient (Wildman–Crippen LogP) is -0.864. The molecule has 0 aromatic heterocycles. The molecule has 1 heterocycles. The van der Waals surface area contributed by atoms with Crippen molar-refractivity contribution in [3.05, 3.63) is 0 Å². The zero-order valence-electron chi connectivity index (χ0n) is 12.3. The third-order valence-corrected chi connectivity index (χ3v) is 3.68. The molecule has 1 aliphatic heterocycles. The summed E-state index contributed by atoms with van der Waals surface area (Å²) in [6.45, 7) is 0.165. The van der Waals surface area contributed by atoms with Crippen molar-refractivity contribution < 1.29 is 35.0 Å². The molecule has 0 amide bonds. The largest absolute Gasteiger partial charge is 0.396 e. The van der Waals surface area contributed by atoms with Crippen molar-refractivity contribution >= 4 is 0 Å². The van der Waals surface area contributed by atoms with E-state index in [1.165, 1.54) is 0 Å². The van der Waals surface area contributed by atoms with E-state index in [1.807, 2.05) is 0 Å². The normalized spacial score (nSPS) is 33.3. The average molecular weight is 308 g/mol. The Morgan fingerprint density at radius 3 is 2.00 bits per heavy atom. The second-order valence-electron chi connectivity index (χ2n) is 5.41. The van der Waals surface area contributed by atoms with Gasteiger partial charge >= 0.3 is 0 Å². The van der Waals surface area contributed by atoms with Gasteiger partial charge in [0.25, 0.3) is 0 Å². The molecule has 0 aromatic rings. The van der Waals surface area contributed by atoms with E-state index >= 15 is 0 Å². The third kappa shape index (κ3) is 6.15. The Morgan fingerprint density at radius 1 is 0.762 bits per heavy atom. The van der Waals surface area contributed by atoms with Gasteiger partial charge in [-0.25, -0.2) is 0 Å². The molecule has 5 atom stereocenters. The zero-order chi connectivity index (χ0) is 15.7. The minimum atomic E-state index is -1.39. The SMILES string of the molecule is OCCCCCCCCO[C@@H]1O[C@H](CO)[C@H](O)[C@H](O)[C@H]1O. The molecule has 0 spiro atoms. The fraction of sp³-hybridized carbons (Fsp3) is 1.00. The van der Waals surface area contributed by atoms with Crippen LogP contribution in [0.25, 0.3) is 0 Å². The van der Waals surface area contributed by atoms with Gasteiger partial charge in [0.2, 0.25) is 0 Å². The number of hydrogen-bond donors (Lipinski definition) is 5. The van der Waals surface area contributed by atoms with Gasteiger partial charge in [0, 0.05) is 13.2 Å². The van der Waals surface area contributed by atoms with Crippen LogP contribution in [0.5, 0.6) is 0 Å². The van der Waals surface area contributed by atoms with Crippen LogP contribution < -0.4 is 0 Å². The van der Waals surface area contributed by atoms with Gasteiger partial charge in [-0.15, -0.1) is 0 Å². The molecule has 0 aliphatic carbocycles. The van der Waals surface area contributed by atoms with E-state index in [4.69, 9.17) is 19.7 Å². The summed E-state index contributed by atoms with van der Waals surface area (Å²) in [5.41, 5.74) is 0. The third-order valence-electron chi connectivity index (χ3n) is 3.68. The Bertz CT molecular complexity index is 262. The quantitative estimate of drug-likeness (QED) is 0.333. The second kappa shape index (κ2) is 10.4. The molecule has 126 valence electrons. The summed E-state index contributed by atoms with van der Waals surface area (Å²) in [5, 5.41) is 46.7. The molecule has 0 radical (unpaired) electrons. The van der Waals surface area contributed by atoms with E-state index in [0.29, 0.717) is 6.61 Å². The molecule has 1 saturated heterocycles. The number of unbranched alkanes of at least 4 members (excludes halogenated alkanes) is 5. The van der Waals surface area contributed by atoms with Gasteiger partial charge in [0.1, 0.15) is 24.4 Å². The summed E-state index contributed by atoms with van der Waals surface area (Å²) in [6, 6.07) is 0. The Labute approximate surface area is 125 Å². The summed E-state index contributed by atoms with van der Waals surface area (Å²) in [6.07, 6.45) is -0.272. The molecule has 7 nitrogen and oxygen atoms in total. The average Bonchev–Trinajstić information content (AvgIpc) is 2.49. The monoisotopic (exact) mass is 308 g/mol. The second-order valence-corrected chi connectivity index (χ2v) is 5.41. The molecule has 1 rings (SSSR count). The van der Waals surface area contributed by atoms with Crippen molar-refractivity contribution in [1.29, 1.82) is 0 Å². The lowest BCUT2D eigenvalue weighted by molar-refractivity contribution is -0.301. The maximum Gasteiger partial charge on any atom is 0.186 e. The van der Waals surface area contributed by atoms with E-state index in [-0.39, 0.29) is 6.61 Å². The Hall–Kier alpha value is -0.280. The molecule has 1 fully saturated rings. The van der Waals surface area contributed by atoms with Crippen LogP contribution in [-0.2, 0) is 9.47 Å². The Morgan fingerprint density at radius 2 is 1.38 bits per heavy atom. The van der Waals surface area contributed by atoms with Crippen LogP contribution in [0.4, 0.5) is 0 Å². The molecule has 0 unspecified atom stereocenters. The van der Waals surface area contributed by atoms with Crippen molar-refractivity contribution in [2.75, 3.05) is 19.8 Å². The van der Waals surface area contributed by atoms with Crippen LogP contribution in [0.1, 0.15) is 38.5 Å². The van der Waals surface area contributed by atoms with Gasteiger partial charge in [0.05, 0.1) is 6.61 Å². The van der Waals surface area contributed by atoms with Crippen LogP contribution in [0, 0.1) is 0 Å². The lowest BCUT2D eigenvalue weighted by atomic mass is 9.99. The van der Waals surface area contributed by atoms with Gasteiger partial charge in [0.15, 0.2) is 6.29 Å². The molecule has 1 aliphatic rings. The first-order valence-corrected chi connectivity index (χ1v) is 7.64. The number of aliphatic hydroxyl groups is 5. The highest BCUT2D eigenvalue weighted by Crippen LogP contribution is 2.22. The van der Waals surface area contributed by atoms with E-state index in [1.54, 1.807) is 0 Å². The molecule has 0 aromatic carbocycles. The Balaban J connectivity index is 2.16. The van der Waals surface area contributed by atoms with Crippen LogP contribution >= 0.6 is 0 Å². The zero-order valence-corrected chi connectivity index (χ0v) is 12.3. The van der Waals surface area contributed by atoms with Crippen molar-refractivity contribution in [2.45, 2.75) is 69.2 Å². The fourth-order valence-corrected chi connectivity index (χ4v) is 2.33. The number of hydrogen-bond acceptors (Lipinski definition) is 7. The van der Waals surface area contributed by atoms with E-state index in [9.17, 15) is 15.3 Å². The first-order chi connectivity index (χ1) is 10.1. The van der Waals surface area contributed by atoms with E-state index < -0.39 is 37.3 Å². The van der Waals surface area contributed by atoms with Gasteiger partial charge in [-0.2, -0.15) is 0 Å². The fourth-order valence-electron chi connectivity index (χ4n) is 2.33. The summed E-state index contributed by atoms with van der Waals surface area (Å²) in [4.78, 5) is 0. The van der Waals surface area contributed by atoms with Crippen LogP contribution in [0.3, 0.4) is 0 Å². The highest BCUT2D eigenvalue weighted by atomic mass is 16.7. The van der Waals surface area contributed by atoms with Crippen molar-refractivity contribution in [3.8, 4) is 0 Å². The van der Waals surface area contributed by atoms with Gasteiger partial charge in [-0.1, -0.05) is 25.7 Å². The molecule has 7 heteroatoms. The van der Waals surface area contributed by atoms with Crippen molar-refractivity contribution in [3.63, 3.8) is 0 Å². The van der Waals surface area contributed by atoms with Crippen molar-refractivity contribution in [1.82, 2.24) is 0 Å². The molecular weight excluding hydrogens is 280 g/mol. The smallest absolute Gasteiger partial charge is 0.186 e. The number of aliphatic hydroxyl groups excluding tert-OH is 5. The first-order valence-electron chi connectivity index (χ1n) is 7.64. The van der Waals surface area contributed by atoms with E-state index in [2.05, 4.69) is 0 Å². The van der Waals surface area contributed by atoms with Gasteiger partial charge in [-0.05, 0) is 12.8 Å². The lowest BCUT2D eigenvalue weighted by Gasteiger charge is -2.39. The van der Waals surface area contributed by atoms with Crippen molar-refractivity contribution in [2.24, 2.45) is 0 Å². The van der Waals surface area contributed by atoms with Gasteiger partial charge in [-0.3, -0.25) is 0 Å². The Kier molecular flexibility index (Phi) is 9.34. The van der Waals surface area contributed by atoms with Gasteiger partial charge < -0.3 is 35.0 Å². The van der Waals surface area contributed by atoms with E-state index in [0.717, 1.165) is 38.5 Å². The summed E-state index contributed by atoms with van der Waals surface area (Å²) < 4.78 is 10.6. The highest BCUT2D eigenvalue weighted by Gasteiger charge is 2.43. The molecule has 21 heavy (non-hydrogen) atoms. The highest BCUT2D eigenvalue weighted by molar-refractivity contribution is 4.88. The lowest BCUT2D eigenvalue weighted by Crippen LogP contribution is -2.59. The van der Waals surface area contributed by atoms with Crippen LogP contribution in [0.2, 0.25) is 0 Å². The number of rotatable bonds is 10. The number of ether oxygens (including phenoxy) is 2. The maximum atomic E-state index is 9.76. The predicted molar refractivity (Wildman–Crippen MR) is 74.5 cm³/mol. The molecule has 0 saturated carbocycles. The molecule has 5 N–H and O–H groups in total. The topological polar surface area (TPSA) is 120 Å². The first kappa shape index (κ1) is 18.8. The molecular formula is C14H28O7. The maximum absolute atomic E-state index is 9.76. The standard InChI is InChI=1S/C14H28O7/c15-7-5-3-1-2-4-6-8-20-14-13(19)12(18)11(17)10(9-16)21-14/h10-19H,1-9H2/t10-,11+,12+,13-,14-/m1/s1. The minimum absolute atomic E-state index is 0.236. The van der Waals surface area contributed by atoms with Crippen LogP contribution in [0.15, 0.2) is 0 Å². The minimum Gasteiger partial charge on any atom is -0.396 e.